The van der Waals surface area contributed by atoms with Gasteiger partial charge in [-0.1, -0.05) is 18.2 Å². The van der Waals surface area contributed by atoms with E-state index in [-0.39, 0.29) is 22.3 Å². The lowest BCUT2D eigenvalue weighted by atomic mass is 9.98. The van der Waals surface area contributed by atoms with Crippen molar-refractivity contribution < 1.29 is 26.7 Å². The van der Waals surface area contributed by atoms with Gasteiger partial charge in [-0.05, 0) is 92.3 Å². The molecule has 0 aliphatic carbocycles. The van der Waals surface area contributed by atoms with Crippen molar-refractivity contribution >= 4 is 76.0 Å². The van der Waals surface area contributed by atoms with E-state index < -0.39 is 26.1 Å². The number of hydrogen-bond donors (Lipinski definition) is 5. The standard InChI is InChI=1S/C23H26N4O4S2.C10H11N3O2S2/c1-16-15-18(33(30,31)26-23-24-11-14-32-23)8-9-19(16)25-22(29)21(10-13-28)27-12-4-6-17-5-2-3-7-20(17)27;1-7-6-8(2-3-9(7)11)17(14,15)13-10-12-4-5-16-10/h2-3,5,7-9,11,14-15,21,28H,4,6,10,12-13H2,1H3,(H,24,26)(H,25,29);2-6H,11H2,1H3,(H,12,13)/t21-;/m0./s1. The Bertz CT molecular complexity index is 2140. The van der Waals surface area contributed by atoms with Crippen molar-refractivity contribution in [2.24, 2.45) is 0 Å². The minimum Gasteiger partial charge on any atom is -0.399 e. The minimum absolute atomic E-state index is 0.0880. The number of fused-ring (bicyclic) bond motifs is 1. The number of aromatic nitrogens is 2. The number of aliphatic hydroxyl groups excluding tert-OH is 1. The summed E-state index contributed by atoms with van der Waals surface area (Å²) in [5, 5.41) is 16.6. The first kappa shape index (κ1) is 36.7. The fraction of sp³-hybridized carbons (Fsp3) is 0.242. The van der Waals surface area contributed by atoms with Crippen molar-refractivity contribution in [3.8, 4) is 0 Å². The van der Waals surface area contributed by atoms with Gasteiger partial charge in [-0.15, -0.1) is 22.7 Å². The number of nitrogens with one attached hydrogen (secondary N) is 3. The second-order valence-corrected chi connectivity index (χ2v) is 16.5. The molecule has 6 N–H and O–H groups in total. The maximum Gasteiger partial charge on any atom is 0.263 e. The maximum absolute atomic E-state index is 13.3. The van der Waals surface area contributed by atoms with Crippen molar-refractivity contribution in [2.75, 3.05) is 38.5 Å². The first-order valence-corrected chi connectivity index (χ1v) is 20.2. The van der Waals surface area contributed by atoms with E-state index in [2.05, 4.69) is 35.7 Å². The molecule has 0 spiro atoms. The summed E-state index contributed by atoms with van der Waals surface area (Å²) < 4.78 is 54.1. The van der Waals surface area contributed by atoms with Gasteiger partial charge >= 0.3 is 0 Å². The summed E-state index contributed by atoms with van der Waals surface area (Å²) in [6.07, 6.45) is 5.25. The predicted octanol–water partition coefficient (Wildman–Crippen LogP) is 5.23. The molecule has 1 atom stereocenters. The summed E-state index contributed by atoms with van der Waals surface area (Å²) in [5.74, 6) is -0.236. The number of benzene rings is 3. The maximum atomic E-state index is 13.3. The van der Waals surface area contributed by atoms with E-state index in [1.807, 2.05) is 18.2 Å². The third-order valence-electron chi connectivity index (χ3n) is 7.85. The molecule has 264 valence electrons. The number of aliphatic hydroxyl groups is 1. The summed E-state index contributed by atoms with van der Waals surface area (Å²) in [6.45, 7) is 4.12. The Kier molecular flexibility index (Phi) is 11.7. The lowest BCUT2D eigenvalue weighted by Gasteiger charge is -2.37. The molecule has 2 aromatic heterocycles. The number of rotatable bonds is 11. The lowest BCUT2D eigenvalue weighted by Crippen LogP contribution is -2.47. The number of para-hydroxylation sites is 1. The first-order valence-electron chi connectivity index (χ1n) is 15.5. The summed E-state index contributed by atoms with van der Waals surface area (Å²) in [5.41, 5.74) is 10.3. The molecule has 0 fully saturated rings. The highest BCUT2D eigenvalue weighted by Gasteiger charge is 2.29. The van der Waals surface area contributed by atoms with E-state index in [4.69, 9.17) is 5.73 Å². The van der Waals surface area contributed by atoms with Crippen LogP contribution >= 0.6 is 22.7 Å². The van der Waals surface area contributed by atoms with Crippen LogP contribution in [0.2, 0.25) is 0 Å². The van der Waals surface area contributed by atoms with E-state index in [1.54, 1.807) is 36.7 Å². The average Bonchev–Trinajstić information content (AvgIpc) is 3.80. The number of sulfonamides is 2. The van der Waals surface area contributed by atoms with Crippen LogP contribution < -0.4 is 25.4 Å². The number of thiazole rings is 2. The molecule has 0 radical (unpaired) electrons. The molecule has 0 unspecified atom stereocenters. The topological polar surface area (TPSA) is 197 Å². The highest BCUT2D eigenvalue weighted by atomic mass is 32.2. The molecule has 1 amide bonds. The normalized spacial score (nSPS) is 13.4. The van der Waals surface area contributed by atoms with Gasteiger partial charge in [-0.3, -0.25) is 14.2 Å². The van der Waals surface area contributed by atoms with Gasteiger partial charge in [0.05, 0.1) is 9.79 Å². The summed E-state index contributed by atoms with van der Waals surface area (Å²) in [4.78, 5) is 23.4. The van der Waals surface area contributed by atoms with E-state index >= 15 is 0 Å². The van der Waals surface area contributed by atoms with Gasteiger partial charge in [0.2, 0.25) is 5.91 Å². The summed E-state index contributed by atoms with van der Waals surface area (Å²) in [6, 6.07) is 16.6. The molecule has 0 saturated carbocycles. The van der Waals surface area contributed by atoms with Crippen LogP contribution in [0.4, 0.5) is 27.3 Å². The number of hydrogen-bond acceptors (Lipinski definition) is 12. The van der Waals surface area contributed by atoms with Crippen molar-refractivity contribution in [2.45, 2.75) is 48.9 Å². The van der Waals surface area contributed by atoms with Crippen molar-refractivity contribution in [3.05, 3.63) is 101 Å². The van der Waals surface area contributed by atoms with E-state index in [9.17, 15) is 26.7 Å². The van der Waals surface area contributed by atoms with E-state index in [1.165, 1.54) is 64.9 Å². The lowest BCUT2D eigenvalue weighted by molar-refractivity contribution is -0.117. The zero-order valence-corrected chi connectivity index (χ0v) is 30.5. The molecule has 13 nitrogen and oxygen atoms in total. The highest BCUT2D eigenvalue weighted by molar-refractivity contribution is 7.93. The number of carbonyl (C=O) groups is 1. The van der Waals surface area contributed by atoms with Crippen molar-refractivity contribution in [1.82, 2.24) is 9.97 Å². The van der Waals surface area contributed by atoms with E-state index in [0.29, 0.717) is 33.6 Å². The molecule has 3 heterocycles. The van der Waals surface area contributed by atoms with Crippen LogP contribution in [0.15, 0.2) is 93.6 Å². The summed E-state index contributed by atoms with van der Waals surface area (Å²) >= 11 is 2.42. The monoisotopic (exact) mass is 755 g/mol. The number of carbonyl (C=O) groups excluding carboxylic acids is 1. The number of nitrogens with zero attached hydrogens (tertiary/aromatic N) is 3. The highest BCUT2D eigenvalue weighted by Crippen LogP contribution is 2.30. The predicted molar refractivity (Wildman–Crippen MR) is 199 cm³/mol. The number of nitrogen functional groups attached to an aromatic ring is 1. The molecule has 6 rings (SSSR count). The first-order chi connectivity index (χ1) is 23.9. The van der Waals surface area contributed by atoms with Crippen LogP contribution in [0.3, 0.4) is 0 Å². The van der Waals surface area contributed by atoms with Crippen LogP contribution in [0.25, 0.3) is 0 Å². The van der Waals surface area contributed by atoms with Crippen LogP contribution in [0.5, 0.6) is 0 Å². The molecule has 5 aromatic rings. The van der Waals surface area contributed by atoms with Gasteiger partial charge in [-0.2, -0.15) is 0 Å². The minimum atomic E-state index is -3.78. The fourth-order valence-corrected chi connectivity index (χ4v) is 9.05. The third-order valence-corrected chi connectivity index (χ3v) is 12.2. The van der Waals surface area contributed by atoms with Gasteiger partial charge in [0.15, 0.2) is 10.3 Å². The van der Waals surface area contributed by atoms with Gasteiger partial charge < -0.3 is 21.1 Å². The van der Waals surface area contributed by atoms with Crippen LogP contribution in [-0.4, -0.2) is 57.0 Å². The zero-order valence-electron chi connectivity index (χ0n) is 27.2. The van der Waals surface area contributed by atoms with Crippen molar-refractivity contribution in [1.29, 1.82) is 0 Å². The quantitative estimate of drug-likeness (QED) is 0.111. The number of aryl methyl sites for hydroxylation is 3. The number of amides is 1. The van der Waals surface area contributed by atoms with Crippen LogP contribution in [0, 0.1) is 13.8 Å². The molecular weight excluding hydrogens is 719 g/mol. The number of anilines is 5. The average molecular weight is 756 g/mol. The molecule has 0 bridgehead atoms. The molecule has 50 heavy (non-hydrogen) atoms. The molecule has 1 aliphatic rings. The van der Waals surface area contributed by atoms with Gasteiger partial charge in [0.25, 0.3) is 20.0 Å². The van der Waals surface area contributed by atoms with Gasteiger partial charge in [0.1, 0.15) is 6.04 Å². The smallest absolute Gasteiger partial charge is 0.263 e. The Hall–Kier alpha value is -4.55. The number of nitrogens with two attached hydrogens (primary N) is 1. The fourth-order valence-electron chi connectivity index (χ4n) is 5.31. The second kappa shape index (κ2) is 16.0. The largest absolute Gasteiger partial charge is 0.399 e. The van der Waals surface area contributed by atoms with Crippen LogP contribution in [0.1, 0.15) is 29.5 Å². The molecule has 0 saturated heterocycles. The Morgan fingerprint density at radius 3 is 2.06 bits per heavy atom. The van der Waals surface area contributed by atoms with Crippen molar-refractivity contribution in [3.63, 3.8) is 0 Å². The van der Waals surface area contributed by atoms with Crippen LogP contribution in [-0.2, 0) is 31.3 Å². The Morgan fingerprint density at radius 2 is 1.50 bits per heavy atom. The second-order valence-electron chi connectivity index (χ2n) is 11.3. The molecular formula is C33H37N7O6S4. The molecule has 3 aromatic carbocycles. The molecule has 17 heteroatoms. The Morgan fingerprint density at radius 1 is 0.900 bits per heavy atom. The Labute approximate surface area is 299 Å². The SMILES string of the molecule is Cc1cc(S(=O)(=O)Nc2nccs2)ccc1N.Cc1cc(S(=O)(=O)Nc2nccs2)ccc1NC(=O)[C@H](CCO)N1CCCc2ccccc21. The third kappa shape index (κ3) is 8.97. The molecule has 1 aliphatic heterocycles. The Balaban J connectivity index is 0.000000240. The van der Waals surface area contributed by atoms with Gasteiger partial charge in [0, 0.05) is 53.4 Å². The zero-order chi connectivity index (χ0) is 35.9. The van der Waals surface area contributed by atoms with E-state index in [0.717, 1.165) is 30.6 Å². The van der Waals surface area contributed by atoms with Gasteiger partial charge in [-0.25, -0.2) is 26.8 Å². The summed E-state index contributed by atoms with van der Waals surface area (Å²) in [7, 11) is -7.36.